The second kappa shape index (κ2) is 4.10. The van der Waals surface area contributed by atoms with E-state index in [0.717, 1.165) is 0 Å². The molecule has 0 aliphatic heterocycles. The van der Waals surface area contributed by atoms with Gasteiger partial charge >= 0.3 is 0 Å². The molecule has 0 aliphatic carbocycles. The van der Waals surface area contributed by atoms with Gasteiger partial charge in [0.15, 0.2) is 0 Å². The van der Waals surface area contributed by atoms with Crippen LogP contribution in [-0.4, -0.2) is 0 Å². The smallest absolute Gasteiger partial charge is 0.0395 e. The summed E-state index contributed by atoms with van der Waals surface area (Å²) >= 11 is 0. The molecule has 0 saturated carbocycles. The molecule has 0 radical (unpaired) electrons. The Morgan fingerprint density at radius 3 is 1.90 bits per heavy atom. The highest BCUT2D eigenvalue weighted by molar-refractivity contribution is 5.32. The Kier molecular flexibility index (Phi) is 3.78. The first-order valence-corrected chi connectivity index (χ1v) is 3.53. The molecule has 56 valence electrons. The highest BCUT2D eigenvalue weighted by Gasteiger charge is 1.91. The van der Waals surface area contributed by atoms with Crippen molar-refractivity contribution in [2.75, 3.05) is 0 Å². The lowest BCUT2D eigenvalue weighted by Gasteiger charge is -2.01. The quantitative estimate of drug-likeness (QED) is 0.510. The van der Waals surface area contributed by atoms with Crippen molar-refractivity contribution in [1.82, 2.24) is 0 Å². The van der Waals surface area contributed by atoms with Crippen molar-refractivity contribution in [2.45, 2.75) is 27.7 Å². The normalized spacial score (nSPS) is 11.0. The minimum Gasteiger partial charge on any atom is -0.0991 e. The average Bonchev–Trinajstić information content (AvgIpc) is 1.87. The van der Waals surface area contributed by atoms with Crippen LogP contribution in [0, 0.1) is 0 Å². The van der Waals surface area contributed by atoms with E-state index in [1.54, 1.807) is 0 Å². The molecule has 0 fully saturated rings. The second-order valence-corrected chi connectivity index (χ2v) is 2.71. The number of rotatable bonds is 2. The summed E-state index contributed by atoms with van der Waals surface area (Å²) in [5, 5.41) is 0. The number of hydrogen-bond donors (Lipinski definition) is 0. The summed E-state index contributed by atoms with van der Waals surface area (Å²) in [7, 11) is 0. The van der Waals surface area contributed by atoms with Crippen LogP contribution in [0.15, 0.2) is 35.5 Å². The fraction of sp³-hybridized carbons (Fsp3) is 0.400. The van der Waals surface area contributed by atoms with Crippen molar-refractivity contribution in [3.63, 3.8) is 0 Å². The third-order valence-corrected chi connectivity index (χ3v) is 1.71. The molecule has 0 N–H and O–H groups in total. The second-order valence-electron chi connectivity index (χ2n) is 2.71. The largest absolute Gasteiger partial charge is 0.0991 e. The summed E-state index contributed by atoms with van der Waals surface area (Å²) in [5.41, 5.74) is 4.03. The lowest BCUT2D eigenvalue weighted by Crippen LogP contribution is -1.81. The van der Waals surface area contributed by atoms with E-state index in [2.05, 4.69) is 34.3 Å². The van der Waals surface area contributed by atoms with Crippen LogP contribution >= 0.6 is 0 Å². The van der Waals surface area contributed by atoms with E-state index in [0.29, 0.717) is 0 Å². The summed E-state index contributed by atoms with van der Waals surface area (Å²) in [6.45, 7) is 12.1. The van der Waals surface area contributed by atoms with E-state index in [1.165, 1.54) is 16.7 Å². The first kappa shape index (κ1) is 9.22. The number of allylic oxidation sites excluding steroid dienone is 5. The van der Waals surface area contributed by atoms with Crippen LogP contribution < -0.4 is 0 Å². The van der Waals surface area contributed by atoms with Crippen LogP contribution in [0.1, 0.15) is 27.7 Å². The third-order valence-electron chi connectivity index (χ3n) is 1.71. The van der Waals surface area contributed by atoms with Gasteiger partial charge in [-0.2, -0.15) is 0 Å². The molecule has 0 aromatic heterocycles. The molecule has 0 aromatic carbocycles. The van der Waals surface area contributed by atoms with E-state index >= 15 is 0 Å². The number of hydrogen-bond acceptors (Lipinski definition) is 0. The van der Waals surface area contributed by atoms with Gasteiger partial charge in [-0.15, -0.1) is 0 Å². The molecule has 0 saturated heterocycles. The van der Waals surface area contributed by atoms with Gasteiger partial charge in [0.05, 0.1) is 0 Å². The van der Waals surface area contributed by atoms with Crippen LogP contribution in [0.2, 0.25) is 0 Å². The fourth-order valence-corrected chi connectivity index (χ4v) is 0.696. The maximum Gasteiger partial charge on any atom is -0.0395 e. The summed E-state index contributed by atoms with van der Waals surface area (Å²) in [4.78, 5) is 0. The molecule has 0 nitrogen and oxygen atoms in total. The molecule has 0 heteroatoms. The monoisotopic (exact) mass is 136 g/mol. The predicted molar refractivity (Wildman–Crippen MR) is 48.0 cm³/mol. The molecule has 0 heterocycles. The Morgan fingerprint density at radius 2 is 1.60 bits per heavy atom. The minimum atomic E-state index is 1.30. The third kappa shape index (κ3) is 2.67. The Morgan fingerprint density at radius 1 is 1.10 bits per heavy atom. The van der Waals surface area contributed by atoms with Crippen molar-refractivity contribution in [2.24, 2.45) is 0 Å². The first-order valence-electron chi connectivity index (χ1n) is 3.53. The topological polar surface area (TPSA) is 0 Å². The van der Waals surface area contributed by atoms with E-state index in [1.807, 2.05) is 12.2 Å². The summed E-state index contributed by atoms with van der Waals surface area (Å²) < 4.78 is 0. The fourth-order valence-electron chi connectivity index (χ4n) is 0.696. The lowest BCUT2D eigenvalue weighted by atomic mass is 10.1. The summed E-state index contributed by atoms with van der Waals surface area (Å²) in [6.07, 6.45) is 3.85. The van der Waals surface area contributed by atoms with E-state index in [-0.39, 0.29) is 0 Å². The van der Waals surface area contributed by atoms with Gasteiger partial charge in [-0.1, -0.05) is 24.3 Å². The predicted octanol–water partition coefficient (Wildman–Crippen LogP) is 3.48. The molecule has 0 aromatic rings. The highest BCUT2D eigenvalue weighted by Crippen LogP contribution is 2.12. The minimum absolute atomic E-state index is 1.30. The van der Waals surface area contributed by atoms with Crippen LogP contribution in [-0.2, 0) is 0 Å². The Balaban J connectivity index is 4.51. The molecular weight excluding hydrogens is 120 g/mol. The molecule has 0 unspecified atom stereocenters. The first-order chi connectivity index (χ1) is 4.59. The van der Waals surface area contributed by atoms with Gasteiger partial charge in [0.2, 0.25) is 0 Å². The lowest BCUT2D eigenvalue weighted by molar-refractivity contribution is 1.23. The van der Waals surface area contributed by atoms with Crippen molar-refractivity contribution in [3.8, 4) is 0 Å². The molecule has 0 aliphatic rings. The van der Waals surface area contributed by atoms with Crippen LogP contribution in [0.4, 0.5) is 0 Å². The maximum absolute atomic E-state index is 3.64. The Labute approximate surface area is 64.0 Å². The van der Waals surface area contributed by atoms with Gasteiger partial charge in [-0.3, -0.25) is 0 Å². The molecule has 10 heavy (non-hydrogen) atoms. The van der Waals surface area contributed by atoms with E-state index < -0.39 is 0 Å². The van der Waals surface area contributed by atoms with E-state index in [4.69, 9.17) is 0 Å². The van der Waals surface area contributed by atoms with Gasteiger partial charge in [-0.25, -0.2) is 0 Å². The van der Waals surface area contributed by atoms with Crippen LogP contribution in [0.25, 0.3) is 0 Å². The zero-order valence-electron chi connectivity index (χ0n) is 7.36. The van der Waals surface area contributed by atoms with E-state index in [9.17, 15) is 0 Å². The summed E-state index contributed by atoms with van der Waals surface area (Å²) in [5.74, 6) is 0. The molecule has 0 rings (SSSR count). The SMILES string of the molecule is C=C/C=C(/C)C(C)=C(C)C. The van der Waals surface area contributed by atoms with Crippen LogP contribution in [0.5, 0.6) is 0 Å². The van der Waals surface area contributed by atoms with Crippen molar-refractivity contribution < 1.29 is 0 Å². The molecule has 0 bridgehead atoms. The molecule has 0 spiro atoms. The summed E-state index contributed by atoms with van der Waals surface area (Å²) in [6, 6.07) is 0. The van der Waals surface area contributed by atoms with Crippen molar-refractivity contribution >= 4 is 0 Å². The van der Waals surface area contributed by atoms with Crippen LogP contribution in [0.3, 0.4) is 0 Å². The molecule has 0 atom stereocenters. The average molecular weight is 136 g/mol. The van der Waals surface area contributed by atoms with Gasteiger partial charge < -0.3 is 0 Å². The standard InChI is InChI=1S/C10H16/c1-6-7-9(4)10(5)8(2)3/h6-7H,1H2,2-5H3/b9-7-. The van der Waals surface area contributed by atoms with Gasteiger partial charge in [0.25, 0.3) is 0 Å². The zero-order chi connectivity index (χ0) is 8.15. The van der Waals surface area contributed by atoms with Gasteiger partial charge in [-0.05, 0) is 38.8 Å². The van der Waals surface area contributed by atoms with Crippen molar-refractivity contribution in [3.05, 3.63) is 35.5 Å². The molecule has 0 amide bonds. The van der Waals surface area contributed by atoms with Gasteiger partial charge in [0, 0.05) is 0 Å². The van der Waals surface area contributed by atoms with Crippen molar-refractivity contribution in [1.29, 1.82) is 0 Å². The maximum atomic E-state index is 3.64. The highest BCUT2D eigenvalue weighted by atomic mass is 14.0. The molecular formula is C10H16. The Bertz CT molecular complexity index is 176. The zero-order valence-corrected chi connectivity index (χ0v) is 7.36. The Hall–Kier alpha value is -0.780. The van der Waals surface area contributed by atoms with Gasteiger partial charge in [0.1, 0.15) is 0 Å².